The van der Waals surface area contributed by atoms with Crippen LogP contribution in [0.15, 0.2) is 30.3 Å². The average Bonchev–Trinajstić information content (AvgIpc) is 2.64. The van der Waals surface area contributed by atoms with Gasteiger partial charge in [-0.15, -0.1) is 0 Å². The van der Waals surface area contributed by atoms with Crippen LogP contribution in [0.4, 0.5) is 0 Å². The second kappa shape index (κ2) is 9.65. The lowest BCUT2D eigenvalue weighted by atomic mass is 9.84. The summed E-state index contributed by atoms with van der Waals surface area (Å²) in [6.07, 6.45) is 3.15. The Morgan fingerprint density at radius 1 is 1.04 bits per heavy atom. The molecular formula is C18H30O5Si. The molecular weight excluding hydrogens is 324 g/mol. The number of rotatable bonds is 9. The molecule has 3 atom stereocenters. The third-order valence-electron chi connectivity index (χ3n) is 4.96. The lowest BCUT2D eigenvalue weighted by molar-refractivity contribution is -0.0790. The molecule has 1 aromatic carbocycles. The third-order valence-corrected chi connectivity index (χ3v) is 7.73. The molecule has 0 aromatic heterocycles. The second-order valence-corrected chi connectivity index (χ2v) is 9.51. The van der Waals surface area contributed by atoms with Crippen LogP contribution >= 0.6 is 0 Å². The minimum Gasteiger partial charge on any atom is -0.390 e. The van der Waals surface area contributed by atoms with Gasteiger partial charge in [0.2, 0.25) is 0 Å². The van der Waals surface area contributed by atoms with E-state index in [4.69, 9.17) is 18.0 Å². The van der Waals surface area contributed by atoms with Crippen molar-refractivity contribution < 1.29 is 23.1 Å². The lowest BCUT2D eigenvalue weighted by Gasteiger charge is -2.34. The summed E-state index contributed by atoms with van der Waals surface area (Å²) in [5, 5.41) is 10.2. The molecule has 1 N–H and O–H groups in total. The fourth-order valence-corrected chi connectivity index (χ4v) is 5.23. The zero-order valence-electron chi connectivity index (χ0n) is 14.9. The molecule has 2 rings (SSSR count). The fourth-order valence-electron chi connectivity index (χ4n) is 3.35. The molecule has 0 spiro atoms. The van der Waals surface area contributed by atoms with Crippen molar-refractivity contribution in [1.29, 1.82) is 0 Å². The van der Waals surface area contributed by atoms with Gasteiger partial charge in [-0.05, 0) is 37.2 Å². The molecule has 0 radical (unpaired) electrons. The first-order valence-electron chi connectivity index (χ1n) is 8.61. The predicted octanol–water partition coefficient (Wildman–Crippen LogP) is 3.00. The van der Waals surface area contributed by atoms with Crippen LogP contribution in [-0.4, -0.2) is 47.4 Å². The molecule has 1 aliphatic carbocycles. The van der Waals surface area contributed by atoms with Crippen LogP contribution in [0.5, 0.6) is 0 Å². The molecule has 6 heteroatoms. The average molecular weight is 355 g/mol. The molecule has 0 heterocycles. The van der Waals surface area contributed by atoms with E-state index in [1.165, 1.54) is 0 Å². The Kier molecular flexibility index (Phi) is 7.87. The van der Waals surface area contributed by atoms with Gasteiger partial charge < -0.3 is 23.1 Å². The van der Waals surface area contributed by atoms with E-state index in [0.717, 1.165) is 37.3 Å². The van der Waals surface area contributed by atoms with Crippen molar-refractivity contribution in [2.45, 2.75) is 50.5 Å². The Bertz CT molecular complexity index is 457. The summed E-state index contributed by atoms with van der Waals surface area (Å²) in [7, 11) is 2.43. The van der Waals surface area contributed by atoms with E-state index >= 15 is 0 Å². The lowest BCUT2D eigenvalue weighted by Crippen LogP contribution is -2.43. The van der Waals surface area contributed by atoms with Gasteiger partial charge in [0.15, 0.2) is 0 Å². The minimum absolute atomic E-state index is 0.104. The van der Waals surface area contributed by atoms with Gasteiger partial charge in [-0.2, -0.15) is 0 Å². The standard InChI is InChI=1S/C18H30O5Si/c1-20-24(21-2,22-3)12-11-15-9-10-17(19)18(13-15)23-14-16-7-5-4-6-8-16/h4-8,15,17-19H,9-14H2,1-3H3. The number of hydrogen-bond donors (Lipinski definition) is 1. The van der Waals surface area contributed by atoms with Gasteiger partial charge in [0, 0.05) is 27.4 Å². The number of aliphatic hydroxyl groups excluding tert-OH is 1. The maximum absolute atomic E-state index is 10.2. The predicted molar refractivity (Wildman–Crippen MR) is 94.6 cm³/mol. The summed E-state index contributed by atoms with van der Waals surface area (Å²) in [4.78, 5) is 0. The zero-order chi connectivity index (χ0) is 17.4. The van der Waals surface area contributed by atoms with Crippen molar-refractivity contribution >= 4 is 8.80 Å². The van der Waals surface area contributed by atoms with Crippen molar-refractivity contribution in [3.63, 3.8) is 0 Å². The summed E-state index contributed by atoms with van der Waals surface area (Å²) in [5.74, 6) is 0.501. The van der Waals surface area contributed by atoms with Gasteiger partial charge in [-0.25, -0.2) is 0 Å². The normalized spacial score (nSPS) is 24.9. The van der Waals surface area contributed by atoms with E-state index < -0.39 is 8.80 Å². The largest absolute Gasteiger partial charge is 0.500 e. The van der Waals surface area contributed by atoms with Crippen LogP contribution in [0, 0.1) is 5.92 Å². The monoisotopic (exact) mass is 354 g/mol. The van der Waals surface area contributed by atoms with Gasteiger partial charge in [-0.1, -0.05) is 30.3 Å². The van der Waals surface area contributed by atoms with Crippen molar-refractivity contribution in [3.8, 4) is 0 Å². The first-order valence-corrected chi connectivity index (χ1v) is 10.5. The summed E-state index contributed by atoms with van der Waals surface area (Å²) in [6, 6.07) is 10.9. The zero-order valence-corrected chi connectivity index (χ0v) is 15.9. The number of ether oxygens (including phenoxy) is 1. The summed E-state index contributed by atoms with van der Waals surface area (Å²) in [5.41, 5.74) is 1.14. The van der Waals surface area contributed by atoms with Gasteiger partial charge >= 0.3 is 8.80 Å². The fraction of sp³-hybridized carbons (Fsp3) is 0.667. The van der Waals surface area contributed by atoms with Crippen LogP contribution in [-0.2, 0) is 24.6 Å². The van der Waals surface area contributed by atoms with Gasteiger partial charge in [0.05, 0.1) is 18.8 Å². The molecule has 1 saturated carbocycles. The van der Waals surface area contributed by atoms with Crippen molar-refractivity contribution in [2.75, 3.05) is 21.3 Å². The van der Waals surface area contributed by atoms with Gasteiger partial charge in [0.25, 0.3) is 0 Å². The summed E-state index contributed by atoms with van der Waals surface area (Å²) in [6.45, 7) is 0.544. The second-order valence-electron chi connectivity index (χ2n) is 6.42. The van der Waals surface area contributed by atoms with E-state index in [0.29, 0.717) is 12.5 Å². The quantitative estimate of drug-likeness (QED) is 0.691. The van der Waals surface area contributed by atoms with E-state index in [9.17, 15) is 5.11 Å². The van der Waals surface area contributed by atoms with Crippen LogP contribution in [0.3, 0.4) is 0 Å². The molecule has 1 fully saturated rings. The highest BCUT2D eigenvalue weighted by Crippen LogP contribution is 2.32. The summed E-state index contributed by atoms with van der Waals surface area (Å²) < 4.78 is 22.5. The van der Waals surface area contributed by atoms with Gasteiger partial charge in [0.1, 0.15) is 0 Å². The molecule has 24 heavy (non-hydrogen) atoms. The SMILES string of the molecule is CO[Si](CCC1CCC(O)C(OCc2ccccc2)C1)(OC)OC. The van der Waals surface area contributed by atoms with E-state index in [2.05, 4.69) is 0 Å². The Labute approximate surface area is 146 Å². The highest BCUT2D eigenvalue weighted by Gasteiger charge is 2.39. The molecule has 136 valence electrons. The number of aliphatic hydroxyl groups is 1. The topological polar surface area (TPSA) is 57.2 Å². The molecule has 0 amide bonds. The Morgan fingerprint density at radius 2 is 1.71 bits per heavy atom. The molecule has 1 aromatic rings. The Balaban J connectivity index is 1.83. The maximum Gasteiger partial charge on any atom is 0.500 e. The maximum atomic E-state index is 10.2. The Morgan fingerprint density at radius 3 is 2.33 bits per heavy atom. The molecule has 5 nitrogen and oxygen atoms in total. The number of hydrogen-bond acceptors (Lipinski definition) is 5. The van der Waals surface area contributed by atoms with Crippen LogP contribution in [0.25, 0.3) is 0 Å². The van der Waals surface area contributed by atoms with Crippen LogP contribution < -0.4 is 0 Å². The van der Waals surface area contributed by atoms with Crippen LogP contribution in [0.2, 0.25) is 6.04 Å². The number of benzene rings is 1. The molecule has 0 aliphatic heterocycles. The highest BCUT2D eigenvalue weighted by atomic mass is 28.4. The van der Waals surface area contributed by atoms with Crippen LogP contribution in [0.1, 0.15) is 31.2 Å². The highest BCUT2D eigenvalue weighted by molar-refractivity contribution is 6.60. The molecule has 1 aliphatic rings. The Hall–Kier alpha value is -0.763. The van der Waals surface area contributed by atoms with Crippen molar-refractivity contribution in [2.24, 2.45) is 5.92 Å². The van der Waals surface area contributed by atoms with E-state index in [1.807, 2.05) is 30.3 Å². The summed E-state index contributed by atoms with van der Waals surface area (Å²) >= 11 is 0. The van der Waals surface area contributed by atoms with Crippen molar-refractivity contribution in [3.05, 3.63) is 35.9 Å². The van der Waals surface area contributed by atoms with E-state index in [1.54, 1.807) is 21.3 Å². The van der Waals surface area contributed by atoms with Crippen molar-refractivity contribution in [1.82, 2.24) is 0 Å². The van der Waals surface area contributed by atoms with Gasteiger partial charge in [-0.3, -0.25) is 0 Å². The first-order chi connectivity index (χ1) is 11.6. The molecule has 0 saturated heterocycles. The molecule has 3 unspecified atom stereocenters. The van der Waals surface area contributed by atoms with E-state index in [-0.39, 0.29) is 12.2 Å². The molecule has 0 bridgehead atoms. The first kappa shape index (κ1) is 19.6. The minimum atomic E-state index is -2.51. The smallest absolute Gasteiger partial charge is 0.390 e. The third kappa shape index (κ3) is 5.37.